The Morgan fingerprint density at radius 1 is 0.882 bits per heavy atom. The molecule has 34 heavy (non-hydrogen) atoms. The fraction of sp³-hybridized carbons (Fsp3) is 0.345. The van der Waals surface area contributed by atoms with Gasteiger partial charge in [-0.15, -0.1) is 0 Å². The van der Waals surface area contributed by atoms with Gasteiger partial charge in [-0.2, -0.15) is 0 Å². The van der Waals surface area contributed by atoms with Gasteiger partial charge in [0.2, 0.25) is 0 Å². The molecule has 6 rings (SSSR count). The molecule has 182 valence electrons. The Morgan fingerprint density at radius 3 is 2.00 bits per heavy atom. The summed E-state index contributed by atoms with van der Waals surface area (Å²) in [7, 11) is 8.68. The van der Waals surface area contributed by atoms with Gasteiger partial charge in [0.05, 0.1) is 7.92 Å². The van der Waals surface area contributed by atoms with E-state index in [0.29, 0.717) is 5.41 Å². The van der Waals surface area contributed by atoms with Crippen LogP contribution in [-0.4, -0.2) is 12.8 Å². The summed E-state index contributed by atoms with van der Waals surface area (Å²) < 4.78 is 0. The van der Waals surface area contributed by atoms with Crippen molar-refractivity contribution < 1.29 is 16.5 Å². The Labute approximate surface area is 222 Å². The first-order valence-corrected chi connectivity index (χ1v) is 19.1. The normalized spacial score (nSPS) is 22.8. The third kappa shape index (κ3) is 5.87. The Morgan fingerprint density at radius 2 is 1.44 bits per heavy atom. The number of nitrogens with zero attached hydrogens (tertiary/aromatic N) is 1. The maximum absolute atomic E-state index is 5.03. The number of hydrogen-bond donors (Lipinski definition) is 0. The molecule has 3 saturated carbocycles. The van der Waals surface area contributed by atoms with Gasteiger partial charge in [0.25, 0.3) is 0 Å². The van der Waals surface area contributed by atoms with Gasteiger partial charge < -0.3 is 0 Å². The summed E-state index contributed by atoms with van der Waals surface area (Å²) >= 11 is -0.472. The molecule has 3 unspecified atom stereocenters. The van der Waals surface area contributed by atoms with Crippen LogP contribution in [0.1, 0.15) is 38.7 Å². The zero-order valence-corrected chi connectivity index (χ0v) is 24.5. The molecule has 3 aromatic carbocycles. The first-order valence-electron chi connectivity index (χ1n) is 12.0. The molecule has 0 saturated heterocycles. The SMILES string of the molecule is CC1(C)C2CCC(CN=Cc3ccccc3[PH+](c3ccccc3)c3ccccc3)C1C2.[Cl][Pt][Cl]. The average molecular weight is 693 g/mol. The van der Waals surface area contributed by atoms with Crippen LogP contribution in [-0.2, 0) is 16.5 Å². The number of fused-ring (bicyclic) bond motifs is 2. The van der Waals surface area contributed by atoms with E-state index in [0.717, 1.165) is 24.3 Å². The topological polar surface area (TPSA) is 12.4 Å². The van der Waals surface area contributed by atoms with Crippen LogP contribution in [0.3, 0.4) is 0 Å². The maximum atomic E-state index is 5.03. The summed E-state index contributed by atoms with van der Waals surface area (Å²) in [4.78, 5) is 5.03. The monoisotopic (exact) mass is 691 g/mol. The molecule has 0 aromatic heterocycles. The van der Waals surface area contributed by atoms with Crippen LogP contribution in [0, 0.1) is 23.2 Å². The second-order valence-corrected chi connectivity index (χ2v) is 15.7. The molecule has 0 N–H and O–H groups in total. The van der Waals surface area contributed by atoms with E-state index in [2.05, 4.69) is 105 Å². The third-order valence-electron chi connectivity index (χ3n) is 7.93. The van der Waals surface area contributed by atoms with Gasteiger partial charge >= 0.3 is 35.3 Å². The predicted octanol–water partition coefficient (Wildman–Crippen LogP) is 7.04. The second kappa shape index (κ2) is 12.3. The van der Waals surface area contributed by atoms with E-state index >= 15 is 0 Å². The van der Waals surface area contributed by atoms with Crippen LogP contribution >= 0.6 is 26.8 Å². The van der Waals surface area contributed by atoms with Crippen LogP contribution in [0.5, 0.6) is 0 Å². The van der Waals surface area contributed by atoms with E-state index in [1.54, 1.807) is 0 Å². The van der Waals surface area contributed by atoms with E-state index < -0.39 is 24.4 Å². The van der Waals surface area contributed by atoms with Gasteiger partial charge in [-0.25, -0.2) is 0 Å². The molecule has 3 atom stereocenters. The van der Waals surface area contributed by atoms with E-state index in [1.807, 2.05) is 0 Å². The number of hydrogen-bond acceptors (Lipinski definition) is 1. The molecule has 5 heteroatoms. The van der Waals surface area contributed by atoms with Crippen molar-refractivity contribution in [1.29, 1.82) is 0 Å². The first kappa shape index (κ1) is 26.1. The van der Waals surface area contributed by atoms with Gasteiger partial charge in [-0.05, 0) is 78.8 Å². The molecule has 0 amide bonds. The second-order valence-electron chi connectivity index (χ2n) is 9.93. The molecular weight excluding hydrogens is 659 g/mol. The minimum atomic E-state index is -1.07. The van der Waals surface area contributed by atoms with Crippen LogP contribution in [0.4, 0.5) is 0 Å². The van der Waals surface area contributed by atoms with Crippen molar-refractivity contribution in [3.8, 4) is 0 Å². The zero-order chi connectivity index (χ0) is 24.0. The third-order valence-corrected chi connectivity index (χ3v) is 10.7. The average Bonchev–Trinajstić information content (AvgIpc) is 2.87. The van der Waals surface area contributed by atoms with Crippen molar-refractivity contribution >= 4 is 48.9 Å². The number of aliphatic imine (C=N–C) groups is 1. The van der Waals surface area contributed by atoms with Crippen molar-refractivity contribution in [1.82, 2.24) is 0 Å². The van der Waals surface area contributed by atoms with Crippen molar-refractivity contribution in [2.75, 3.05) is 6.54 Å². The molecule has 0 spiro atoms. The number of rotatable bonds is 6. The summed E-state index contributed by atoms with van der Waals surface area (Å²) in [5.74, 6) is 2.59. The molecule has 0 radical (unpaired) electrons. The van der Waals surface area contributed by atoms with Gasteiger partial charge in [-0.3, -0.25) is 4.99 Å². The van der Waals surface area contributed by atoms with E-state index in [9.17, 15) is 0 Å². The number of benzene rings is 3. The van der Waals surface area contributed by atoms with Gasteiger partial charge in [-0.1, -0.05) is 62.4 Å². The van der Waals surface area contributed by atoms with Crippen molar-refractivity contribution in [3.63, 3.8) is 0 Å². The minimum absolute atomic E-state index is 0.472. The molecule has 0 heterocycles. The quantitative estimate of drug-likeness (QED) is 0.194. The summed E-state index contributed by atoms with van der Waals surface area (Å²) in [6.45, 7) is 5.94. The Bertz CT molecular complexity index is 1030. The number of halogens is 2. The fourth-order valence-electron chi connectivity index (χ4n) is 5.99. The molecule has 3 aliphatic carbocycles. The molecule has 2 bridgehead atoms. The summed E-state index contributed by atoms with van der Waals surface area (Å²) in [6.07, 6.45) is 6.36. The Hall–Kier alpha value is -0.972. The molecule has 3 aliphatic rings. The molecule has 1 nitrogen and oxygen atoms in total. The van der Waals surface area contributed by atoms with Gasteiger partial charge in [0.15, 0.2) is 0 Å². The van der Waals surface area contributed by atoms with Gasteiger partial charge in [0.1, 0.15) is 15.9 Å². The predicted molar refractivity (Wildman–Crippen MR) is 149 cm³/mol. The van der Waals surface area contributed by atoms with Crippen molar-refractivity contribution in [2.45, 2.75) is 33.1 Å². The summed E-state index contributed by atoms with van der Waals surface area (Å²) in [5, 5.41) is 4.28. The Balaban J connectivity index is 0.000000868. The van der Waals surface area contributed by atoms with Gasteiger partial charge in [0, 0.05) is 18.3 Å². The summed E-state index contributed by atoms with van der Waals surface area (Å²) in [5.41, 5.74) is 1.82. The van der Waals surface area contributed by atoms with Crippen molar-refractivity contribution in [3.05, 3.63) is 90.5 Å². The molecule has 0 aliphatic heterocycles. The molecule has 3 fully saturated rings. The molecule has 3 aromatic rings. The van der Waals surface area contributed by atoms with E-state index in [1.165, 1.54) is 40.7 Å². The van der Waals surface area contributed by atoms with Crippen molar-refractivity contribution in [2.24, 2.45) is 28.2 Å². The zero-order valence-electron chi connectivity index (χ0n) is 19.7. The van der Waals surface area contributed by atoms with Crippen LogP contribution in [0.2, 0.25) is 0 Å². The standard InChI is InChI=1S/C29H32NP.2ClH.Pt/c1-29(2)24-18-17-22(27(29)19-24)20-30-21-23-11-9-10-16-28(23)31(25-12-5-3-6-13-25)26-14-7-4-8-15-26;;;/h3-16,21-22,24,27H,17-20H2,1-2H3;2*1H;/q;;;+2/p-1. The van der Waals surface area contributed by atoms with E-state index in [-0.39, 0.29) is 0 Å². The van der Waals surface area contributed by atoms with E-state index in [4.69, 9.17) is 23.8 Å². The van der Waals surface area contributed by atoms with Crippen LogP contribution in [0.25, 0.3) is 0 Å². The summed E-state index contributed by atoms with van der Waals surface area (Å²) in [6, 6.07) is 30.9. The van der Waals surface area contributed by atoms with Crippen LogP contribution < -0.4 is 15.9 Å². The fourth-order valence-corrected chi connectivity index (χ4v) is 8.70. The Kier molecular flexibility index (Phi) is 9.46. The van der Waals surface area contributed by atoms with Crippen LogP contribution in [0.15, 0.2) is 89.9 Å². The molecular formula is C29H33Cl2NPPt+. The first-order chi connectivity index (χ1) is 16.6.